The molecule has 1 aliphatic heterocycles. The molecule has 8 nitrogen and oxygen atoms in total. The fourth-order valence-corrected chi connectivity index (χ4v) is 4.66. The Labute approximate surface area is 175 Å². The molecule has 1 aliphatic rings. The van der Waals surface area contributed by atoms with Crippen molar-refractivity contribution < 1.29 is 13.2 Å². The van der Waals surface area contributed by atoms with Crippen LogP contribution < -0.4 is 9.62 Å². The Bertz CT molecular complexity index is 1200. The van der Waals surface area contributed by atoms with E-state index >= 15 is 0 Å². The third-order valence-corrected chi connectivity index (χ3v) is 6.64. The summed E-state index contributed by atoms with van der Waals surface area (Å²) in [6.07, 6.45) is 1.48. The lowest BCUT2D eigenvalue weighted by Crippen LogP contribution is -2.60. The van der Waals surface area contributed by atoms with Crippen LogP contribution in [0, 0.1) is 6.92 Å². The fraction of sp³-hybridized carbons (Fsp3) is 0.286. The monoisotopic (exact) mass is 425 g/mol. The van der Waals surface area contributed by atoms with E-state index < -0.39 is 10.0 Å². The Hall–Kier alpha value is -3.04. The molecule has 1 fully saturated rings. The number of nitrogens with one attached hydrogen (secondary N) is 1. The predicted molar refractivity (Wildman–Crippen MR) is 115 cm³/mol. The maximum Gasteiger partial charge on any atom is 0.254 e. The molecular formula is C21H23N5O3S. The molecular weight excluding hydrogens is 402 g/mol. The molecule has 1 saturated heterocycles. The first-order valence-electron chi connectivity index (χ1n) is 9.55. The number of likely N-dealkylation sites (tertiary alicyclic amines) is 1. The van der Waals surface area contributed by atoms with Crippen LogP contribution in [0.2, 0.25) is 0 Å². The molecule has 4 rings (SSSR count). The molecule has 2 heterocycles. The van der Waals surface area contributed by atoms with E-state index in [-0.39, 0.29) is 16.8 Å². The molecule has 0 radical (unpaired) electrons. The molecule has 9 heteroatoms. The quantitative estimate of drug-likeness (QED) is 0.670. The van der Waals surface area contributed by atoms with E-state index in [0.29, 0.717) is 24.2 Å². The maximum atomic E-state index is 12.8. The zero-order chi connectivity index (χ0) is 21.5. The van der Waals surface area contributed by atoms with Crippen molar-refractivity contribution in [3.8, 4) is 0 Å². The minimum atomic E-state index is -3.60. The molecule has 0 saturated carbocycles. The van der Waals surface area contributed by atoms with Gasteiger partial charge in [-0.15, -0.1) is 0 Å². The van der Waals surface area contributed by atoms with Gasteiger partial charge >= 0.3 is 0 Å². The molecule has 0 bridgehead atoms. The van der Waals surface area contributed by atoms with E-state index in [1.807, 2.05) is 32.0 Å². The van der Waals surface area contributed by atoms with Gasteiger partial charge in [0.05, 0.1) is 16.5 Å². The zero-order valence-electron chi connectivity index (χ0n) is 17.0. The molecule has 0 atom stereocenters. The number of sulfonamides is 1. The van der Waals surface area contributed by atoms with Crippen molar-refractivity contribution in [1.29, 1.82) is 0 Å². The van der Waals surface area contributed by atoms with Crippen molar-refractivity contribution in [3.63, 3.8) is 0 Å². The molecule has 0 spiro atoms. The average molecular weight is 426 g/mol. The minimum Gasteiger partial charge on any atom is -0.362 e. The van der Waals surface area contributed by atoms with Gasteiger partial charge in [-0.05, 0) is 37.3 Å². The number of carbonyl (C=O) groups excluding carboxylic acids is 1. The first kappa shape index (κ1) is 20.2. The van der Waals surface area contributed by atoms with Crippen LogP contribution in [0.1, 0.15) is 15.9 Å². The summed E-state index contributed by atoms with van der Waals surface area (Å²) in [6.45, 7) is 2.56. The summed E-state index contributed by atoms with van der Waals surface area (Å²) in [5, 5.41) is 0.867. The van der Waals surface area contributed by atoms with Gasteiger partial charge in [-0.1, -0.05) is 17.7 Å². The molecule has 1 N–H and O–H groups in total. The lowest BCUT2D eigenvalue weighted by molar-refractivity contribution is 0.0592. The molecule has 30 heavy (non-hydrogen) atoms. The Morgan fingerprint density at radius 2 is 1.80 bits per heavy atom. The second-order valence-electron chi connectivity index (χ2n) is 7.67. The number of carbonyl (C=O) groups is 1. The lowest BCUT2D eigenvalue weighted by atomic mass is 10.1. The van der Waals surface area contributed by atoms with Crippen LogP contribution in [0.15, 0.2) is 53.7 Å². The van der Waals surface area contributed by atoms with Gasteiger partial charge in [-0.2, -0.15) is 0 Å². The number of anilines is 1. The van der Waals surface area contributed by atoms with Crippen molar-refractivity contribution >= 4 is 32.7 Å². The van der Waals surface area contributed by atoms with Crippen LogP contribution in [0.3, 0.4) is 0 Å². The third kappa shape index (κ3) is 3.86. The summed E-state index contributed by atoms with van der Waals surface area (Å²) in [5.74, 6) is 0.640. The number of fused-ring (bicyclic) bond motifs is 1. The van der Waals surface area contributed by atoms with Gasteiger partial charge in [-0.3, -0.25) is 4.79 Å². The Morgan fingerprint density at radius 1 is 1.10 bits per heavy atom. The van der Waals surface area contributed by atoms with Crippen LogP contribution in [-0.4, -0.2) is 62.4 Å². The summed E-state index contributed by atoms with van der Waals surface area (Å²) in [5.41, 5.74) is 2.20. The molecule has 2 aromatic carbocycles. The fourth-order valence-electron chi connectivity index (χ4n) is 3.44. The molecule has 1 aromatic heterocycles. The Balaban J connectivity index is 1.43. The second kappa shape index (κ2) is 7.66. The third-order valence-electron chi connectivity index (χ3n) is 5.11. The number of benzene rings is 2. The molecule has 3 aromatic rings. The van der Waals surface area contributed by atoms with Crippen LogP contribution in [0.4, 0.5) is 5.82 Å². The normalized spacial score (nSPS) is 14.6. The Kier molecular flexibility index (Phi) is 5.17. The maximum absolute atomic E-state index is 12.8. The average Bonchev–Trinajstić information content (AvgIpc) is 2.69. The number of hydrogen-bond donors (Lipinski definition) is 1. The number of amides is 1. The van der Waals surface area contributed by atoms with E-state index in [1.54, 1.807) is 41.3 Å². The van der Waals surface area contributed by atoms with Crippen LogP contribution in [0.25, 0.3) is 10.9 Å². The Morgan fingerprint density at radius 3 is 2.47 bits per heavy atom. The van der Waals surface area contributed by atoms with Crippen molar-refractivity contribution in [2.45, 2.75) is 17.9 Å². The minimum absolute atomic E-state index is 0.146. The van der Waals surface area contributed by atoms with E-state index in [1.165, 1.54) is 6.33 Å². The SMILES string of the molecule is Cc1ccc(S(=O)(=O)NC2CN(C(=O)c3ccc4c(N(C)C)ncnc4c3)C2)cc1. The highest BCUT2D eigenvalue weighted by molar-refractivity contribution is 7.89. The standard InChI is InChI=1S/C21H23N5O3S/c1-14-4-7-17(8-5-14)30(28,29)24-16-11-26(12-16)21(27)15-6-9-18-19(10-15)22-13-23-20(18)25(2)3/h4-10,13,16,24H,11-12H2,1-3H3. The molecule has 156 valence electrons. The molecule has 1 amide bonds. The van der Waals surface area contributed by atoms with Gasteiger partial charge in [0, 0.05) is 38.1 Å². The summed E-state index contributed by atoms with van der Waals surface area (Å²) < 4.78 is 27.7. The number of aromatic nitrogens is 2. The van der Waals surface area contributed by atoms with E-state index in [4.69, 9.17) is 0 Å². The topological polar surface area (TPSA) is 95.5 Å². The summed E-state index contributed by atoms with van der Waals surface area (Å²) in [7, 11) is 0.201. The van der Waals surface area contributed by atoms with Gasteiger partial charge in [0.25, 0.3) is 5.91 Å². The summed E-state index contributed by atoms with van der Waals surface area (Å²) in [6, 6.07) is 11.7. The number of aryl methyl sites for hydroxylation is 1. The highest BCUT2D eigenvalue weighted by atomic mass is 32.2. The molecule has 0 unspecified atom stereocenters. The first-order valence-corrected chi connectivity index (χ1v) is 11.0. The van der Waals surface area contributed by atoms with Crippen LogP contribution in [-0.2, 0) is 10.0 Å². The largest absolute Gasteiger partial charge is 0.362 e. The van der Waals surface area contributed by atoms with Gasteiger partial charge < -0.3 is 9.80 Å². The number of nitrogens with zero attached hydrogens (tertiary/aromatic N) is 4. The van der Waals surface area contributed by atoms with Crippen molar-refractivity contribution in [3.05, 3.63) is 59.9 Å². The van der Waals surface area contributed by atoms with Crippen molar-refractivity contribution in [2.75, 3.05) is 32.1 Å². The lowest BCUT2D eigenvalue weighted by Gasteiger charge is -2.39. The summed E-state index contributed by atoms with van der Waals surface area (Å²) in [4.78, 5) is 25.1. The van der Waals surface area contributed by atoms with Crippen LogP contribution in [0.5, 0.6) is 0 Å². The summed E-state index contributed by atoms with van der Waals surface area (Å²) >= 11 is 0. The van der Waals surface area contributed by atoms with Gasteiger partial charge in [0.15, 0.2) is 0 Å². The van der Waals surface area contributed by atoms with Gasteiger partial charge in [0.1, 0.15) is 12.1 Å². The zero-order valence-corrected chi connectivity index (χ0v) is 17.8. The highest BCUT2D eigenvalue weighted by Gasteiger charge is 2.34. The van der Waals surface area contributed by atoms with E-state index in [0.717, 1.165) is 16.8 Å². The van der Waals surface area contributed by atoms with Gasteiger partial charge in [-0.25, -0.2) is 23.1 Å². The van der Waals surface area contributed by atoms with Crippen LogP contribution >= 0.6 is 0 Å². The second-order valence-corrected chi connectivity index (χ2v) is 9.38. The highest BCUT2D eigenvalue weighted by Crippen LogP contribution is 2.24. The number of rotatable bonds is 5. The number of hydrogen-bond acceptors (Lipinski definition) is 6. The molecule has 0 aliphatic carbocycles. The van der Waals surface area contributed by atoms with E-state index in [2.05, 4.69) is 14.7 Å². The predicted octanol–water partition coefficient (Wildman–Crippen LogP) is 1.81. The van der Waals surface area contributed by atoms with Crippen molar-refractivity contribution in [1.82, 2.24) is 19.6 Å². The van der Waals surface area contributed by atoms with Crippen molar-refractivity contribution in [2.24, 2.45) is 0 Å². The van der Waals surface area contributed by atoms with Gasteiger partial charge in [0.2, 0.25) is 10.0 Å². The van der Waals surface area contributed by atoms with E-state index in [9.17, 15) is 13.2 Å². The first-order chi connectivity index (χ1) is 14.2. The smallest absolute Gasteiger partial charge is 0.254 e.